The number of carbonyl (C=O) groups is 1. The summed E-state index contributed by atoms with van der Waals surface area (Å²) in [6, 6.07) is 16.3. The van der Waals surface area contributed by atoms with Gasteiger partial charge in [-0.05, 0) is 45.0 Å². The van der Waals surface area contributed by atoms with Gasteiger partial charge in [0.05, 0.1) is 16.4 Å². The lowest BCUT2D eigenvalue weighted by Gasteiger charge is -2.32. The van der Waals surface area contributed by atoms with E-state index in [1.54, 1.807) is 18.2 Å². The average Bonchev–Trinajstić information content (AvgIpc) is 3.02. The number of nitrogens with zero attached hydrogens (tertiary/aromatic N) is 2. The first-order valence-corrected chi connectivity index (χ1v) is 10.4. The highest BCUT2D eigenvalue weighted by atomic mass is 32.2. The van der Waals surface area contributed by atoms with Crippen molar-refractivity contribution in [3.05, 3.63) is 65.4 Å². The van der Waals surface area contributed by atoms with Crippen molar-refractivity contribution >= 4 is 29.2 Å². The molecule has 1 heterocycles. The molecule has 0 saturated heterocycles. The molecule has 0 atom stereocenters. The largest absolute Gasteiger partial charge is 0.465 e. The van der Waals surface area contributed by atoms with E-state index in [1.165, 1.54) is 34.1 Å². The van der Waals surface area contributed by atoms with E-state index >= 15 is 0 Å². The molecular formula is C21H21FN2O2S2. The number of hydrogen-bond donors (Lipinski definition) is 1. The Labute approximate surface area is 172 Å². The second-order valence-corrected chi connectivity index (χ2v) is 9.60. The van der Waals surface area contributed by atoms with Crippen LogP contribution in [-0.2, 0) is 6.54 Å². The molecule has 0 fully saturated rings. The van der Waals surface area contributed by atoms with Crippen molar-refractivity contribution in [1.29, 1.82) is 0 Å². The zero-order chi connectivity index (χ0) is 20.3. The van der Waals surface area contributed by atoms with Gasteiger partial charge in [-0.2, -0.15) is 0 Å². The number of hydrogen-bond acceptors (Lipinski definition) is 4. The Morgan fingerprint density at radius 1 is 1.14 bits per heavy atom. The summed E-state index contributed by atoms with van der Waals surface area (Å²) in [6.45, 7) is 5.67. The summed E-state index contributed by atoms with van der Waals surface area (Å²) < 4.78 is 15.3. The number of halogens is 1. The predicted molar refractivity (Wildman–Crippen MR) is 111 cm³/mol. The van der Waals surface area contributed by atoms with Crippen molar-refractivity contribution in [2.75, 3.05) is 0 Å². The van der Waals surface area contributed by atoms with Gasteiger partial charge >= 0.3 is 6.09 Å². The third-order valence-electron chi connectivity index (χ3n) is 4.06. The zero-order valence-electron chi connectivity index (χ0n) is 15.8. The topological polar surface area (TPSA) is 53.4 Å². The highest BCUT2D eigenvalue weighted by Gasteiger charge is 2.28. The molecule has 4 nitrogen and oxygen atoms in total. The number of amides is 1. The highest BCUT2D eigenvalue weighted by Crippen LogP contribution is 2.41. The first-order chi connectivity index (χ1) is 13.3. The molecule has 7 heteroatoms. The summed E-state index contributed by atoms with van der Waals surface area (Å²) >= 11 is 2.90. The van der Waals surface area contributed by atoms with Crippen LogP contribution >= 0.6 is 23.1 Å². The van der Waals surface area contributed by atoms with Crippen LogP contribution in [0, 0.1) is 5.82 Å². The molecule has 0 aliphatic heterocycles. The molecular weight excluding hydrogens is 395 g/mol. The van der Waals surface area contributed by atoms with Gasteiger partial charge in [0.2, 0.25) is 0 Å². The van der Waals surface area contributed by atoms with Crippen LogP contribution < -0.4 is 0 Å². The number of rotatable bonds is 5. The van der Waals surface area contributed by atoms with Crippen LogP contribution in [0.2, 0.25) is 0 Å². The minimum Gasteiger partial charge on any atom is -0.465 e. The van der Waals surface area contributed by atoms with Crippen molar-refractivity contribution in [3.63, 3.8) is 0 Å². The van der Waals surface area contributed by atoms with Gasteiger partial charge < -0.3 is 5.11 Å². The van der Waals surface area contributed by atoms with E-state index in [2.05, 4.69) is 4.98 Å². The fourth-order valence-corrected chi connectivity index (χ4v) is 4.93. The molecule has 0 aliphatic carbocycles. The second-order valence-electron chi connectivity index (χ2n) is 7.18. The summed E-state index contributed by atoms with van der Waals surface area (Å²) in [5.41, 5.74) is 0.398. The van der Waals surface area contributed by atoms with Gasteiger partial charge in [-0.1, -0.05) is 42.1 Å². The monoisotopic (exact) mass is 416 g/mol. The van der Waals surface area contributed by atoms with E-state index in [-0.39, 0.29) is 12.4 Å². The summed E-state index contributed by atoms with van der Waals surface area (Å²) in [6.07, 6.45) is -1.01. The highest BCUT2D eigenvalue weighted by molar-refractivity contribution is 8.01. The van der Waals surface area contributed by atoms with Gasteiger partial charge in [0.25, 0.3) is 0 Å². The molecule has 146 valence electrons. The third kappa shape index (κ3) is 4.72. The van der Waals surface area contributed by atoms with Crippen LogP contribution in [0.3, 0.4) is 0 Å². The van der Waals surface area contributed by atoms with Crippen LogP contribution in [0.4, 0.5) is 9.18 Å². The van der Waals surface area contributed by atoms with E-state index in [0.717, 1.165) is 9.10 Å². The predicted octanol–water partition coefficient (Wildman–Crippen LogP) is 6.38. The Morgan fingerprint density at radius 3 is 2.39 bits per heavy atom. The van der Waals surface area contributed by atoms with E-state index in [4.69, 9.17) is 0 Å². The first kappa shape index (κ1) is 20.4. The molecule has 3 rings (SSSR count). The van der Waals surface area contributed by atoms with Crippen LogP contribution in [0.15, 0.2) is 63.7 Å². The molecule has 3 aromatic rings. The van der Waals surface area contributed by atoms with E-state index < -0.39 is 11.6 Å². The zero-order valence-corrected chi connectivity index (χ0v) is 17.5. The van der Waals surface area contributed by atoms with Gasteiger partial charge in [-0.15, -0.1) is 11.3 Å². The molecule has 0 saturated carbocycles. The fourth-order valence-electron chi connectivity index (χ4n) is 2.63. The molecule has 2 aromatic carbocycles. The number of carboxylic acid groups (broad SMARTS) is 1. The third-order valence-corrected chi connectivity index (χ3v) is 6.28. The molecule has 0 unspecified atom stereocenters. The van der Waals surface area contributed by atoms with Gasteiger partial charge in [0.15, 0.2) is 0 Å². The van der Waals surface area contributed by atoms with Gasteiger partial charge in [-0.25, -0.2) is 14.2 Å². The Balaban J connectivity index is 2.02. The maximum Gasteiger partial charge on any atom is 0.408 e. The molecule has 0 aliphatic rings. The Kier molecular flexibility index (Phi) is 6.05. The van der Waals surface area contributed by atoms with E-state index in [9.17, 15) is 14.3 Å². The summed E-state index contributed by atoms with van der Waals surface area (Å²) in [5.74, 6) is -0.347. The Hall–Kier alpha value is -2.38. The molecule has 1 N–H and O–H groups in total. The number of thiazole rings is 1. The molecule has 1 aromatic heterocycles. The van der Waals surface area contributed by atoms with Gasteiger partial charge in [0, 0.05) is 16.0 Å². The van der Waals surface area contributed by atoms with Crippen molar-refractivity contribution in [1.82, 2.24) is 9.88 Å². The minimum atomic E-state index is -1.01. The van der Waals surface area contributed by atoms with Crippen LogP contribution in [0.25, 0.3) is 11.3 Å². The Morgan fingerprint density at radius 2 is 1.79 bits per heavy atom. The maximum absolute atomic E-state index is 14.4. The summed E-state index contributed by atoms with van der Waals surface area (Å²) in [4.78, 5) is 18.7. The quantitative estimate of drug-likeness (QED) is 0.524. The van der Waals surface area contributed by atoms with E-state index in [0.29, 0.717) is 16.3 Å². The Bertz CT molecular complexity index is 968. The van der Waals surface area contributed by atoms with Gasteiger partial charge in [-0.3, -0.25) is 4.90 Å². The number of aromatic nitrogens is 1. The minimum absolute atomic E-state index is 0.153. The first-order valence-electron chi connectivity index (χ1n) is 8.74. The maximum atomic E-state index is 14.4. The van der Waals surface area contributed by atoms with Crippen molar-refractivity contribution < 1.29 is 14.3 Å². The van der Waals surface area contributed by atoms with Crippen LogP contribution in [0.1, 0.15) is 25.8 Å². The smallest absolute Gasteiger partial charge is 0.408 e. The molecule has 0 spiro atoms. The molecule has 0 radical (unpaired) electrons. The number of benzene rings is 2. The standard InChI is InChI=1S/C21H21FN2O2S2/c1-21(2,3)24(20(25)26)13-17-23-18(15-11-7-8-12-16(15)22)19(28-17)27-14-9-5-4-6-10-14/h4-12H,13H2,1-3H3,(H,25,26). The SMILES string of the molecule is CC(C)(C)N(Cc1nc(-c2ccccc2F)c(Sc2ccccc2)s1)C(=O)O. The normalized spacial score (nSPS) is 11.4. The van der Waals surface area contributed by atoms with Gasteiger partial charge in [0.1, 0.15) is 10.8 Å². The lowest BCUT2D eigenvalue weighted by Crippen LogP contribution is -2.44. The summed E-state index contributed by atoms with van der Waals surface area (Å²) in [5, 5.41) is 10.2. The second kappa shape index (κ2) is 8.32. The molecule has 28 heavy (non-hydrogen) atoms. The molecule has 0 bridgehead atoms. The molecule has 1 amide bonds. The fraction of sp³-hybridized carbons (Fsp3) is 0.238. The lowest BCUT2D eigenvalue weighted by atomic mass is 10.1. The van der Waals surface area contributed by atoms with E-state index in [1.807, 2.05) is 51.1 Å². The van der Waals surface area contributed by atoms with Crippen LogP contribution in [0.5, 0.6) is 0 Å². The van der Waals surface area contributed by atoms with Crippen molar-refractivity contribution in [3.8, 4) is 11.3 Å². The van der Waals surface area contributed by atoms with Crippen molar-refractivity contribution in [2.45, 2.75) is 42.0 Å². The van der Waals surface area contributed by atoms with Crippen molar-refractivity contribution in [2.24, 2.45) is 0 Å². The summed E-state index contributed by atoms with van der Waals surface area (Å²) in [7, 11) is 0. The average molecular weight is 417 g/mol. The lowest BCUT2D eigenvalue weighted by molar-refractivity contribution is 0.0955. The van der Waals surface area contributed by atoms with Crippen LogP contribution in [-0.4, -0.2) is 26.6 Å².